The number of Topliss-reactive ketones (excluding diaryl/α,β-unsaturated/α-hetero) is 2. The van der Waals surface area contributed by atoms with Crippen LogP contribution < -0.4 is 0 Å². The van der Waals surface area contributed by atoms with Gasteiger partial charge < -0.3 is 0 Å². The van der Waals surface area contributed by atoms with E-state index in [1.165, 1.54) is 6.08 Å². The van der Waals surface area contributed by atoms with Gasteiger partial charge in [0.1, 0.15) is 0 Å². The predicted molar refractivity (Wildman–Crippen MR) is 47.2 cm³/mol. The SMILES string of the molecule is CC(C)(C)C1=CC(=O)CC(=O)C1=O. The molecule has 0 heterocycles. The number of carbonyl (C=O) groups excluding carboxylic acids is 3. The van der Waals surface area contributed by atoms with E-state index in [2.05, 4.69) is 0 Å². The largest absolute Gasteiger partial charge is 0.294 e. The lowest BCUT2D eigenvalue weighted by Crippen LogP contribution is -2.30. The second-order valence-corrected chi connectivity index (χ2v) is 4.20. The van der Waals surface area contributed by atoms with Crippen molar-refractivity contribution < 1.29 is 14.4 Å². The molecule has 0 spiro atoms. The Hall–Kier alpha value is -1.25. The molecule has 0 aromatic carbocycles. The fourth-order valence-corrected chi connectivity index (χ4v) is 1.22. The van der Waals surface area contributed by atoms with Crippen LogP contribution in [0.5, 0.6) is 0 Å². The predicted octanol–water partition coefficient (Wildman–Crippen LogP) is 1.07. The van der Waals surface area contributed by atoms with E-state index in [9.17, 15) is 14.4 Å². The molecule has 0 fully saturated rings. The maximum absolute atomic E-state index is 11.3. The van der Waals surface area contributed by atoms with E-state index in [1.807, 2.05) is 20.8 Å². The summed E-state index contributed by atoms with van der Waals surface area (Å²) in [4.78, 5) is 33.4. The van der Waals surface area contributed by atoms with E-state index >= 15 is 0 Å². The molecule has 1 aliphatic carbocycles. The highest BCUT2D eigenvalue weighted by Crippen LogP contribution is 2.28. The lowest BCUT2D eigenvalue weighted by Gasteiger charge is -2.23. The van der Waals surface area contributed by atoms with Gasteiger partial charge in [0.25, 0.3) is 0 Å². The van der Waals surface area contributed by atoms with Crippen LogP contribution in [-0.4, -0.2) is 17.3 Å². The highest BCUT2D eigenvalue weighted by atomic mass is 16.2. The lowest BCUT2D eigenvalue weighted by atomic mass is 9.79. The highest BCUT2D eigenvalue weighted by Gasteiger charge is 2.33. The first-order chi connectivity index (χ1) is 5.82. The van der Waals surface area contributed by atoms with Gasteiger partial charge in [-0.1, -0.05) is 20.8 Å². The van der Waals surface area contributed by atoms with E-state index in [-0.39, 0.29) is 12.2 Å². The number of hydrogen-bond donors (Lipinski definition) is 0. The molecule has 0 aromatic rings. The Bertz CT molecular complexity index is 316. The highest BCUT2D eigenvalue weighted by molar-refractivity contribution is 6.49. The fraction of sp³-hybridized carbons (Fsp3) is 0.500. The van der Waals surface area contributed by atoms with Crippen molar-refractivity contribution in [2.75, 3.05) is 0 Å². The molecule has 1 rings (SSSR count). The molecule has 0 unspecified atom stereocenters. The minimum absolute atomic E-state index is 0.265. The normalized spacial score (nSPS) is 19.0. The molecule has 0 aromatic heterocycles. The maximum Gasteiger partial charge on any atom is 0.225 e. The molecule has 0 atom stereocenters. The van der Waals surface area contributed by atoms with Gasteiger partial charge in [-0.2, -0.15) is 0 Å². The van der Waals surface area contributed by atoms with Crippen molar-refractivity contribution in [1.29, 1.82) is 0 Å². The Morgan fingerprint density at radius 1 is 1.15 bits per heavy atom. The van der Waals surface area contributed by atoms with Crippen LogP contribution in [0.25, 0.3) is 0 Å². The van der Waals surface area contributed by atoms with Gasteiger partial charge in [-0.05, 0) is 11.5 Å². The summed E-state index contributed by atoms with van der Waals surface area (Å²) in [5.74, 6) is -1.36. The summed E-state index contributed by atoms with van der Waals surface area (Å²) in [7, 11) is 0. The second-order valence-electron chi connectivity index (χ2n) is 4.20. The number of rotatable bonds is 0. The van der Waals surface area contributed by atoms with Gasteiger partial charge >= 0.3 is 0 Å². The zero-order chi connectivity index (χ0) is 10.2. The third kappa shape index (κ3) is 1.91. The minimum Gasteiger partial charge on any atom is -0.294 e. The van der Waals surface area contributed by atoms with Gasteiger partial charge in [0.05, 0.1) is 6.42 Å². The first-order valence-electron chi connectivity index (χ1n) is 4.15. The van der Waals surface area contributed by atoms with Gasteiger partial charge in [0.15, 0.2) is 5.78 Å². The van der Waals surface area contributed by atoms with E-state index in [4.69, 9.17) is 0 Å². The first kappa shape index (κ1) is 9.84. The van der Waals surface area contributed by atoms with Crippen LogP contribution in [0, 0.1) is 5.41 Å². The lowest BCUT2D eigenvalue weighted by molar-refractivity contribution is -0.137. The summed E-state index contributed by atoms with van der Waals surface area (Å²) in [5, 5.41) is 0. The molecule has 0 N–H and O–H groups in total. The summed E-state index contributed by atoms with van der Waals surface area (Å²) < 4.78 is 0. The molecular weight excluding hydrogens is 168 g/mol. The van der Waals surface area contributed by atoms with E-state index in [0.717, 1.165) is 0 Å². The quantitative estimate of drug-likeness (QED) is 0.414. The van der Waals surface area contributed by atoms with Crippen molar-refractivity contribution in [3.8, 4) is 0 Å². The van der Waals surface area contributed by atoms with Gasteiger partial charge in [-0.15, -0.1) is 0 Å². The molecule has 0 bridgehead atoms. The van der Waals surface area contributed by atoms with Crippen molar-refractivity contribution >= 4 is 17.3 Å². The third-order valence-electron chi connectivity index (χ3n) is 1.95. The molecule has 0 aliphatic heterocycles. The van der Waals surface area contributed by atoms with Crippen molar-refractivity contribution in [3.63, 3.8) is 0 Å². The van der Waals surface area contributed by atoms with Crippen molar-refractivity contribution in [3.05, 3.63) is 11.6 Å². The molecule has 0 radical (unpaired) electrons. The average molecular weight is 180 g/mol. The van der Waals surface area contributed by atoms with Crippen LogP contribution in [0.4, 0.5) is 0 Å². The zero-order valence-electron chi connectivity index (χ0n) is 8.01. The minimum atomic E-state index is -0.586. The summed E-state index contributed by atoms with van der Waals surface area (Å²) in [5.41, 5.74) is -0.100. The van der Waals surface area contributed by atoms with Gasteiger partial charge in [0, 0.05) is 5.57 Å². The molecule has 3 heteroatoms. The monoisotopic (exact) mass is 180 g/mol. The van der Waals surface area contributed by atoms with Crippen LogP contribution >= 0.6 is 0 Å². The van der Waals surface area contributed by atoms with Crippen LogP contribution in [0.1, 0.15) is 27.2 Å². The Morgan fingerprint density at radius 2 is 1.69 bits per heavy atom. The second kappa shape index (κ2) is 2.91. The van der Waals surface area contributed by atoms with E-state index < -0.39 is 17.0 Å². The Kier molecular flexibility index (Phi) is 2.20. The topological polar surface area (TPSA) is 51.2 Å². The average Bonchev–Trinajstić information content (AvgIpc) is 1.94. The third-order valence-corrected chi connectivity index (χ3v) is 1.95. The summed E-state index contributed by atoms with van der Waals surface area (Å²) in [6, 6.07) is 0. The Labute approximate surface area is 76.8 Å². The van der Waals surface area contributed by atoms with E-state index in [0.29, 0.717) is 5.57 Å². The van der Waals surface area contributed by atoms with Crippen LogP contribution in [0.15, 0.2) is 11.6 Å². The van der Waals surface area contributed by atoms with Crippen molar-refractivity contribution in [2.45, 2.75) is 27.2 Å². The van der Waals surface area contributed by atoms with Crippen LogP contribution in [-0.2, 0) is 14.4 Å². The molecule has 0 saturated heterocycles. The molecule has 13 heavy (non-hydrogen) atoms. The standard InChI is InChI=1S/C10H12O3/c1-10(2,3)7-4-6(11)5-8(12)9(7)13/h4H,5H2,1-3H3. The van der Waals surface area contributed by atoms with E-state index in [1.54, 1.807) is 0 Å². The maximum atomic E-state index is 11.3. The van der Waals surface area contributed by atoms with Gasteiger partial charge in [-0.25, -0.2) is 0 Å². The molecule has 70 valence electrons. The molecule has 1 aliphatic rings. The molecule has 0 saturated carbocycles. The number of allylic oxidation sites excluding steroid dienone is 2. The number of carbonyl (C=O) groups is 3. The molecule has 3 nitrogen and oxygen atoms in total. The smallest absolute Gasteiger partial charge is 0.225 e. The van der Waals surface area contributed by atoms with Gasteiger partial charge in [-0.3, -0.25) is 14.4 Å². The summed E-state index contributed by atoms with van der Waals surface area (Å²) in [6.07, 6.45) is 1.03. The van der Waals surface area contributed by atoms with Gasteiger partial charge in [0.2, 0.25) is 11.6 Å². The number of hydrogen-bond acceptors (Lipinski definition) is 3. The summed E-state index contributed by atoms with van der Waals surface area (Å²) in [6.45, 7) is 5.42. The Morgan fingerprint density at radius 3 is 2.15 bits per heavy atom. The molecular formula is C10H12O3. The zero-order valence-corrected chi connectivity index (χ0v) is 8.01. The first-order valence-corrected chi connectivity index (χ1v) is 4.15. The van der Waals surface area contributed by atoms with Crippen molar-refractivity contribution in [2.24, 2.45) is 5.41 Å². The van der Waals surface area contributed by atoms with Crippen LogP contribution in [0.3, 0.4) is 0 Å². The van der Waals surface area contributed by atoms with Crippen LogP contribution in [0.2, 0.25) is 0 Å². The van der Waals surface area contributed by atoms with Crippen molar-refractivity contribution in [1.82, 2.24) is 0 Å². The molecule has 0 amide bonds. The fourth-order valence-electron chi connectivity index (χ4n) is 1.22. The summed E-state index contributed by atoms with van der Waals surface area (Å²) >= 11 is 0. The Balaban J connectivity index is 3.15. The number of ketones is 3.